The molecule has 1 aromatic carbocycles. The Morgan fingerprint density at radius 3 is 2.65 bits per heavy atom. The molecule has 0 bridgehead atoms. The molecule has 3 heterocycles. The summed E-state index contributed by atoms with van der Waals surface area (Å²) in [5.74, 6) is 1.14. The van der Waals surface area contributed by atoms with Crippen molar-refractivity contribution in [2.24, 2.45) is 5.92 Å². The number of rotatable bonds is 6. The van der Waals surface area contributed by atoms with Gasteiger partial charge in [0.1, 0.15) is 17.5 Å². The van der Waals surface area contributed by atoms with Gasteiger partial charge in [-0.1, -0.05) is 12.1 Å². The van der Waals surface area contributed by atoms with Crippen LogP contribution in [0.25, 0.3) is 11.1 Å². The Balaban J connectivity index is 1.39. The molecule has 7 heteroatoms. The molecule has 160 valence electrons. The number of hydrogen-bond acceptors (Lipinski definition) is 5. The van der Waals surface area contributed by atoms with Crippen LogP contribution in [-0.4, -0.2) is 40.7 Å². The molecule has 3 aromatic rings. The molecule has 0 radical (unpaired) electrons. The molecule has 2 aromatic heterocycles. The first-order valence-electron chi connectivity index (χ1n) is 10.4. The maximum absolute atomic E-state index is 13.3. The zero-order valence-corrected chi connectivity index (χ0v) is 17.2. The minimum atomic E-state index is -0.359. The number of carbonyl (C=O) groups excluding carboxylic acids is 1. The molecule has 0 saturated carbocycles. The van der Waals surface area contributed by atoms with Crippen LogP contribution in [0.3, 0.4) is 0 Å². The van der Waals surface area contributed by atoms with Crippen LogP contribution in [0, 0.1) is 11.7 Å². The van der Waals surface area contributed by atoms with Crippen LogP contribution in [0.5, 0.6) is 0 Å². The highest BCUT2D eigenvalue weighted by atomic mass is 19.1. The molecule has 31 heavy (non-hydrogen) atoms. The minimum absolute atomic E-state index is 0.0852. The van der Waals surface area contributed by atoms with Crippen molar-refractivity contribution in [2.45, 2.75) is 19.3 Å². The summed E-state index contributed by atoms with van der Waals surface area (Å²) in [7, 11) is 0. The lowest BCUT2D eigenvalue weighted by Gasteiger charge is -2.32. The Labute approximate surface area is 180 Å². The SMILES string of the molecule is O=C(Cc1cccc(F)c1)Nc1ccc(-c2ccnc(N3CCC(CO)CC3)c2)cn1. The number of nitrogens with one attached hydrogen (secondary N) is 1. The van der Waals surface area contributed by atoms with Gasteiger partial charge >= 0.3 is 0 Å². The van der Waals surface area contributed by atoms with Crippen LogP contribution < -0.4 is 10.2 Å². The second kappa shape index (κ2) is 9.66. The Kier molecular flexibility index (Phi) is 6.52. The van der Waals surface area contributed by atoms with Crippen molar-refractivity contribution < 1.29 is 14.3 Å². The molecule has 0 unspecified atom stereocenters. The van der Waals surface area contributed by atoms with Gasteiger partial charge in [0.25, 0.3) is 0 Å². The molecule has 1 fully saturated rings. The number of pyridine rings is 2. The lowest BCUT2D eigenvalue weighted by molar-refractivity contribution is -0.115. The number of carbonyl (C=O) groups is 1. The third-order valence-electron chi connectivity index (χ3n) is 5.56. The molecule has 4 rings (SSSR count). The number of aliphatic hydroxyl groups excluding tert-OH is 1. The Morgan fingerprint density at radius 1 is 1.10 bits per heavy atom. The van der Waals surface area contributed by atoms with Crippen molar-refractivity contribution in [1.82, 2.24) is 9.97 Å². The zero-order valence-electron chi connectivity index (χ0n) is 17.2. The quantitative estimate of drug-likeness (QED) is 0.636. The van der Waals surface area contributed by atoms with Crippen LogP contribution in [0.1, 0.15) is 18.4 Å². The van der Waals surface area contributed by atoms with Crippen molar-refractivity contribution in [3.8, 4) is 11.1 Å². The van der Waals surface area contributed by atoms with Gasteiger partial charge in [-0.05, 0) is 66.3 Å². The van der Waals surface area contributed by atoms with E-state index in [-0.39, 0.29) is 24.8 Å². The number of amides is 1. The Hall–Kier alpha value is -3.32. The van der Waals surface area contributed by atoms with E-state index >= 15 is 0 Å². The predicted octanol–water partition coefficient (Wildman–Crippen LogP) is 3.67. The first kappa shape index (κ1) is 20.9. The Bertz CT molecular complexity index is 1030. The number of anilines is 2. The topological polar surface area (TPSA) is 78.4 Å². The average Bonchev–Trinajstić information content (AvgIpc) is 2.80. The van der Waals surface area contributed by atoms with Gasteiger partial charge < -0.3 is 15.3 Å². The van der Waals surface area contributed by atoms with Crippen molar-refractivity contribution in [3.63, 3.8) is 0 Å². The minimum Gasteiger partial charge on any atom is -0.396 e. The summed E-state index contributed by atoms with van der Waals surface area (Å²) in [6.07, 6.45) is 5.52. The molecule has 1 amide bonds. The van der Waals surface area contributed by atoms with Crippen LogP contribution in [0.4, 0.5) is 16.0 Å². The predicted molar refractivity (Wildman–Crippen MR) is 118 cm³/mol. The van der Waals surface area contributed by atoms with Gasteiger partial charge in [-0.15, -0.1) is 0 Å². The molecule has 6 nitrogen and oxygen atoms in total. The number of benzene rings is 1. The monoisotopic (exact) mass is 420 g/mol. The molecule has 0 aliphatic carbocycles. The van der Waals surface area contributed by atoms with E-state index in [1.54, 1.807) is 30.6 Å². The number of piperidine rings is 1. The van der Waals surface area contributed by atoms with Gasteiger partial charge in [0.15, 0.2) is 0 Å². The van der Waals surface area contributed by atoms with E-state index in [0.717, 1.165) is 42.9 Å². The van der Waals surface area contributed by atoms with Crippen molar-refractivity contribution >= 4 is 17.5 Å². The van der Waals surface area contributed by atoms with Gasteiger partial charge in [0.05, 0.1) is 6.42 Å². The molecule has 0 atom stereocenters. The first-order valence-corrected chi connectivity index (χ1v) is 10.4. The van der Waals surface area contributed by atoms with E-state index in [1.165, 1.54) is 12.1 Å². The normalized spacial score (nSPS) is 14.5. The highest BCUT2D eigenvalue weighted by molar-refractivity contribution is 5.91. The van der Waals surface area contributed by atoms with E-state index in [4.69, 9.17) is 0 Å². The van der Waals surface area contributed by atoms with Crippen molar-refractivity contribution in [1.29, 1.82) is 0 Å². The van der Waals surface area contributed by atoms with Crippen LogP contribution in [0.15, 0.2) is 60.9 Å². The third-order valence-corrected chi connectivity index (χ3v) is 5.56. The number of aromatic nitrogens is 2. The summed E-state index contributed by atoms with van der Waals surface area (Å²) in [5, 5.41) is 12.1. The van der Waals surface area contributed by atoms with Crippen molar-refractivity contribution in [3.05, 3.63) is 72.3 Å². The summed E-state index contributed by atoms with van der Waals surface area (Å²) >= 11 is 0. The summed E-state index contributed by atoms with van der Waals surface area (Å²) in [6.45, 7) is 2.02. The van der Waals surface area contributed by atoms with E-state index in [1.807, 2.05) is 18.2 Å². The highest BCUT2D eigenvalue weighted by Crippen LogP contribution is 2.26. The molecule has 1 aliphatic heterocycles. The van der Waals surface area contributed by atoms with Crippen LogP contribution >= 0.6 is 0 Å². The lowest BCUT2D eigenvalue weighted by atomic mass is 9.98. The maximum atomic E-state index is 13.3. The molecule has 2 N–H and O–H groups in total. The summed E-state index contributed by atoms with van der Waals surface area (Å²) in [4.78, 5) is 23.3. The molecular weight excluding hydrogens is 395 g/mol. The smallest absolute Gasteiger partial charge is 0.229 e. The number of halogens is 1. The molecule has 1 aliphatic rings. The fourth-order valence-electron chi connectivity index (χ4n) is 3.77. The van der Waals surface area contributed by atoms with Gasteiger partial charge in [-0.2, -0.15) is 0 Å². The van der Waals surface area contributed by atoms with E-state index in [2.05, 4.69) is 20.2 Å². The molecule has 0 spiro atoms. The van der Waals surface area contributed by atoms with E-state index < -0.39 is 0 Å². The average molecular weight is 420 g/mol. The first-order chi connectivity index (χ1) is 15.1. The van der Waals surface area contributed by atoms with Gasteiger partial charge in [-0.25, -0.2) is 14.4 Å². The van der Waals surface area contributed by atoms with Crippen LogP contribution in [0.2, 0.25) is 0 Å². The number of aliphatic hydroxyl groups is 1. The zero-order chi connectivity index (χ0) is 21.6. The summed E-state index contributed by atoms with van der Waals surface area (Å²) < 4.78 is 13.3. The van der Waals surface area contributed by atoms with Crippen LogP contribution in [-0.2, 0) is 11.2 Å². The van der Waals surface area contributed by atoms with E-state index in [0.29, 0.717) is 17.3 Å². The fraction of sp³-hybridized carbons (Fsp3) is 0.292. The van der Waals surface area contributed by atoms with Gasteiger partial charge in [0, 0.05) is 37.7 Å². The van der Waals surface area contributed by atoms with Gasteiger partial charge in [-0.3, -0.25) is 4.79 Å². The van der Waals surface area contributed by atoms with Gasteiger partial charge in [0.2, 0.25) is 5.91 Å². The Morgan fingerprint density at radius 2 is 1.94 bits per heavy atom. The van der Waals surface area contributed by atoms with E-state index in [9.17, 15) is 14.3 Å². The van der Waals surface area contributed by atoms with Crippen molar-refractivity contribution in [2.75, 3.05) is 29.9 Å². The summed E-state index contributed by atoms with van der Waals surface area (Å²) in [5.41, 5.74) is 2.54. The number of nitrogens with zero attached hydrogens (tertiary/aromatic N) is 3. The standard InChI is InChI=1S/C24H25FN4O2/c25-21-3-1-2-18(12-21)13-24(31)28-22-5-4-20(15-27-22)19-6-9-26-23(14-19)29-10-7-17(16-30)8-11-29/h1-6,9,12,14-15,17,30H,7-8,10-11,13,16H2,(H,27,28,31). The lowest BCUT2D eigenvalue weighted by Crippen LogP contribution is -2.35. The molecular formula is C24H25FN4O2. The second-order valence-electron chi connectivity index (χ2n) is 7.80. The summed E-state index contributed by atoms with van der Waals surface area (Å²) in [6, 6.07) is 13.6. The maximum Gasteiger partial charge on any atom is 0.229 e. The second-order valence-corrected chi connectivity index (χ2v) is 7.80. The molecule has 1 saturated heterocycles. The number of hydrogen-bond donors (Lipinski definition) is 2. The highest BCUT2D eigenvalue weighted by Gasteiger charge is 2.19. The largest absolute Gasteiger partial charge is 0.396 e. The third kappa shape index (κ3) is 5.44. The fourth-order valence-corrected chi connectivity index (χ4v) is 3.77.